The number of tetrazole rings is 1. The molecular weight excluding hydrogens is 352 g/mol. The molecule has 7 nitrogen and oxygen atoms in total. The van der Waals surface area contributed by atoms with Crippen molar-refractivity contribution < 1.29 is 4.79 Å². The average molecular weight is 370 g/mol. The Morgan fingerprint density at radius 1 is 0.964 bits per heavy atom. The highest BCUT2D eigenvalue weighted by Gasteiger charge is 2.32. The summed E-state index contributed by atoms with van der Waals surface area (Å²) in [6, 6.07) is 21.6. The Kier molecular flexibility index (Phi) is 3.97. The van der Waals surface area contributed by atoms with E-state index in [-0.39, 0.29) is 11.9 Å². The molecule has 4 aromatic rings. The number of hydrogen-bond acceptors (Lipinski definition) is 4. The van der Waals surface area contributed by atoms with Crippen molar-refractivity contribution in [2.75, 3.05) is 6.54 Å². The van der Waals surface area contributed by atoms with Gasteiger partial charge in [0, 0.05) is 30.5 Å². The first-order valence-corrected chi connectivity index (χ1v) is 9.15. The molecule has 5 rings (SSSR count). The van der Waals surface area contributed by atoms with Crippen molar-refractivity contribution in [2.24, 2.45) is 0 Å². The van der Waals surface area contributed by atoms with Crippen LogP contribution in [-0.2, 0) is 6.54 Å². The number of benzene rings is 2. The molecule has 0 fully saturated rings. The fourth-order valence-electron chi connectivity index (χ4n) is 3.82. The van der Waals surface area contributed by atoms with E-state index in [0.717, 1.165) is 23.5 Å². The molecule has 0 radical (unpaired) electrons. The fourth-order valence-corrected chi connectivity index (χ4v) is 3.82. The maximum Gasteiger partial charge on any atom is 0.254 e. The topological polar surface area (TPSA) is 68.8 Å². The van der Waals surface area contributed by atoms with Gasteiger partial charge < -0.3 is 9.47 Å². The number of aromatic nitrogens is 5. The van der Waals surface area contributed by atoms with E-state index in [9.17, 15) is 4.79 Å². The highest BCUT2D eigenvalue weighted by atomic mass is 16.2. The summed E-state index contributed by atoms with van der Waals surface area (Å²) in [6.45, 7) is 1.43. The van der Waals surface area contributed by atoms with E-state index in [4.69, 9.17) is 0 Å². The van der Waals surface area contributed by atoms with Crippen LogP contribution >= 0.6 is 0 Å². The lowest BCUT2D eigenvalue weighted by molar-refractivity contribution is 0.0664. The van der Waals surface area contributed by atoms with Gasteiger partial charge in [0.1, 0.15) is 6.33 Å². The monoisotopic (exact) mass is 370 g/mol. The highest BCUT2D eigenvalue weighted by Crippen LogP contribution is 2.33. The van der Waals surface area contributed by atoms with Crippen LogP contribution in [0.15, 0.2) is 79.3 Å². The summed E-state index contributed by atoms with van der Waals surface area (Å²) in [4.78, 5) is 15.4. The molecule has 1 aliphatic rings. The van der Waals surface area contributed by atoms with Gasteiger partial charge in [0.15, 0.2) is 0 Å². The van der Waals surface area contributed by atoms with Gasteiger partial charge in [-0.05, 0) is 46.3 Å². The quantitative estimate of drug-likeness (QED) is 0.556. The second kappa shape index (κ2) is 6.77. The molecule has 1 aliphatic heterocycles. The number of carbonyl (C=O) groups excluding carboxylic acids is 1. The number of nitrogens with zero attached hydrogens (tertiary/aromatic N) is 6. The van der Waals surface area contributed by atoms with Crippen molar-refractivity contribution in [1.82, 2.24) is 29.7 Å². The van der Waals surface area contributed by atoms with Crippen LogP contribution in [0.5, 0.6) is 0 Å². The first-order chi connectivity index (χ1) is 13.8. The summed E-state index contributed by atoms with van der Waals surface area (Å²) >= 11 is 0. The largest absolute Gasteiger partial charge is 0.348 e. The third-order valence-electron chi connectivity index (χ3n) is 5.12. The van der Waals surface area contributed by atoms with Gasteiger partial charge in [0.05, 0.1) is 11.7 Å². The maximum absolute atomic E-state index is 13.5. The summed E-state index contributed by atoms with van der Waals surface area (Å²) in [5.41, 5.74) is 3.61. The van der Waals surface area contributed by atoms with Crippen molar-refractivity contribution in [3.63, 3.8) is 0 Å². The lowest BCUT2D eigenvalue weighted by atomic mass is 9.99. The van der Waals surface area contributed by atoms with E-state index < -0.39 is 0 Å². The third kappa shape index (κ3) is 2.77. The van der Waals surface area contributed by atoms with Gasteiger partial charge in [0.25, 0.3) is 5.91 Å². The Morgan fingerprint density at radius 3 is 2.68 bits per heavy atom. The van der Waals surface area contributed by atoms with Gasteiger partial charge in [-0.25, -0.2) is 4.68 Å². The standard InChI is InChI=1S/C21H18N6O/c28-21(17-8-4-9-18(14-17)27-15-22-23-24-27)26-13-12-25-11-5-10-19(25)20(26)16-6-2-1-3-7-16/h1-11,14-15,20H,12-13H2. The summed E-state index contributed by atoms with van der Waals surface area (Å²) < 4.78 is 3.77. The van der Waals surface area contributed by atoms with Gasteiger partial charge >= 0.3 is 0 Å². The molecule has 0 bridgehead atoms. The average Bonchev–Trinajstić information content (AvgIpc) is 3.45. The molecule has 0 saturated heterocycles. The molecule has 1 amide bonds. The minimum atomic E-state index is -0.117. The molecular formula is C21H18N6O. The second-order valence-electron chi connectivity index (χ2n) is 6.74. The second-order valence-corrected chi connectivity index (χ2v) is 6.74. The zero-order valence-electron chi connectivity index (χ0n) is 15.1. The summed E-state index contributed by atoms with van der Waals surface area (Å²) in [5.74, 6) is -0.00349. The van der Waals surface area contributed by atoms with Crippen LogP contribution in [0.1, 0.15) is 27.7 Å². The fraction of sp³-hybridized carbons (Fsp3) is 0.143. The van der Waals surface area contributed by atoms with E-state index in [0.29, 0.717) is 12.1 Å². The SMILES string of the molecule is O=C(c1cccc(-n2cnnn2)c1)N1CCn2cccc2C1c1ccccc1. The Labute approximate surface area is 161 Å². The predicted octanol–water partition coefficient (Wildman–Crippen LogP) is 2.71. The molecule has 138 valence electrons. The van der Waals surface area contributed by atoms with Crippen LogP contribution in [0.3, 0.4) is 0 Å². The molecule has 1 unspecified atom stereocenters. The van der Waals surface area contributed by atoms with Crippen LogP contribution in [0.2, 0.25) is 0 Å². The predicted molar refractivity (Wildman–Crippen MR) is 103 cm³/mol. The van der Waals surface area contributed by atoms with Crippen LogP contribution in [-0.4, -0.2) is 42.1 Å². The zero-order valence-corrected chi connectivity index (χ0v) is 15.1. The number of carbonyl (C=O) groups is 1. The molecule has 0 N–H and O–H groups in total. The summed E-state index contributed by atoms with van der Waals surface area (Å²) in [6.07, 6.45) is 3.59. The Morgan fingerprint density at radius 2 is 1.86 bits per heavy atom. The van der Waals surface area contributed by atoms with Gasteiger partial charge in [-0.1, -0.05) is 36.4 Å². The van der Waals surface area contributed by atoms with Crippen LogP contribution in [0.25, 0.3) is 5.69 Å². The number of fused-ring (bicyclic) bond motifs is 1. The molecule has 1 atom stereocenters. The van der Waals surface area contributed by atoms with Crippen LogP contribution < -0.4 is 0 Å². The van der Waals surface area contributed by atoms with Crippen molar-refractivity contribution >= 4 is 5.91 Å². The molecule has 0 aliphatic carbocycles. The number of hydrogen-bond donors (Lipinski definition) is 0. The Hall–Kier alpha value is -3.74. The zero-order chi connectivity index (χ0) is 18.9. The Bertz CT molecular complexity index is 1100. The molecule has 0 saturated carbocycles. The molecule has 2 aromatic heterocycles. The van der Waals surface area contributed by atoms with E-state index in [1.807, 2.05) is 53.4 Å². The van der Waals surface area contributed by atoms with Crippen molar-refractivity contribution in [2.45, 2.75) is 12.6 Å². The van der Waals surface area contributed by atoms with Crippen molar-refractivity contribution in [3.8, 4) is 5.69 Å². The van der Waals surface area contributed by atoms with Gasteiger partial charge in [0.2, 0.25) is 0 Å². The molecule has 3 heterocycles. The van der Waals surface area contributed by atoms with E-state index >= 15 is 0 Å². The summed E-state index contributed by atoms with van der Waals surface area (Å²) in [5, 5.41) is 11.2. The Balaban J connectivity index is 1.54. The third-order valence-corrected chi connectivity index (χ3v) is 5.12. The van der Waals surface area contributed by atoms with Gasteiger partial charge in [-0.3, -0.25) is 4.79 Å². The van der Waals surface area contributed by atoms with E-state index in [1.54, 1.807) is 4.68 Å². The normalized spacial score (nSPS) is 16.0. The number of rotatable bonds is 3. The first kappa shape index (κ1) is 16.4. The highest BCUT2D eigenvalue weighted by molar-refractivity contribution is 5.95. The lowest BCUT2D eigenvalue weighted by Crippen LogP contribution is -2.42. The van der Waals surface area contributed by atoms with Gasteiger partial charge in [-0.2, -0.15) is 0 Å². The van der Waals surface area contributed by atoms with Gasteiger partial charge in [-0.15, -0.1) is 5.10 Å². The van der Waals surface area contributed by atoms with E-state index in [1.165, 1.54) is 6.33 Å². The molecule has 28 heavy (non-hydrogen) atoms. The smallest absolute Gasteiger partial charge is 0.254 e. The lowest BCUT2D eigenvalue weighted by Gasteiger charge is -2.37. The van der Waals surface area contributed by atoms with Crippen LogP contribution in [0, 0.1) is 0 Å². The summed E-state index contributed by atoms with van der Waals surface area (Å²) in [7, 11) is 0. The van der Waals surface area contributed by atoms with Crippen molar-refractivity contribution in [3.05, 3.63) is 96.1 Å². The molecule has 7 heteroatoms. The molecule has 0 spiro atoms. The maximum atomic E-state index is 13.5. The molecule has 2 aromatic carbocycles. The van der Waals surface area contributed by atoms with Crippen molar-refractivity contribution in [1.29, 1.82) is 0 Å². The van der Waals surface area contributed by atoms with Crippen LogP contribution in [0.4, 0.5) is 0 Å². The minimum absolute atomic E-state index is 0.00349. The first-order valence-electron chi connectivity index (χ1n) is 9.15. The number of amides is 1. The van der Waals surface area contributed by atoms with E-state index in [2.05, 4.69) is 44.5 Å². The minimum Gasteiger partial charge on any atom is -0.348 e.